The molecule has 7 heteroatoms. The van der Waals surface area contributed by atoms with E-state index in [0.717, 1.165) is 12.0 Å². The van der Waals surface area contributed by atoms with Gasteiger partial charge >= 0.3 is 0 Å². The topological polar surface area (TPSA) is 72.0 Å². The first-order chi connectivity index (χ1) is 9.58. The van der Waals surface area contributed by atoms with Gasteiger partial charge in [-0.1, -0.05) is 17.7 Å². The Morgan fingerprint density at radius 2 is 2.05 bits per heavy atom. The van der Waals surface area contributed by atoms with Crippen LogP contribution in [0.1, 0.15) is 12.0 Å². The first-order valence-corrected chi connectivity index (χ1v) is 7.94. The summed E-state index contributed by atoms with van der Waals surface area (Å²) in [6.07, 6.45) is 6.20. The van der Waals surface area contributed by atoms with Gasteiger partial charge in [0.15, 0.2) is 0 Å². The van der Waals surface area contributed by atoms with Crippen molar-refractivity contribution in [3.63, 3.8) is 0 Å². The van der Waals surface area contributed by atoms with E-state index in [-0.39, 0.29) is 10.0 Å². The van der Waals surface area contributed by atoms with Gasteiger partial charge in [0, 0.05) is 25.1 Å². The van der Waals surface area contributed by atoms with E-state index in [9.17, 15) is 8.42 Å². The van der Waals surface area contributed by atoms with Crippen molar-refractivity contribution in [2.75, 3.05) is 6.54 Å². The molecular formula is C13H14ClN3O2S. The SMILES string of the molecule is O=S(=O)(NCCCc1cccnc1)c1ccc(Cl)nc1. The normalized spacial score (nSPS) is 11.4. The first kappa shape index (κ1) is 14.9. The van der Waals surface area contributed by atoms with Gasteiger partial charge in [-0.15, -0.1) is 0 Å². The highest BCUT2D eigenvalue weighted by atomic mass is 35.5. The summed E-state index contributed by atoms with van der Waals surface area (Å²) in [5.74, 6) is 0. The monoisotopic (exact) mass is 311 g/mol. The van der Waals surface area contributed by atoms with E-state index < -0.39 is 10.0 Å². The van der Waals surface area contributed by atoms with Gasteiger partial charge in [0.05, 0.1) is 0 Å². The van der Waals surface area contributed by atoms with Crippen LogP contribution < -0.4 is 4.72 Å². The third-order valence-electron chi connectivity index (χ3n) is 2.67. The molecule has 0 unspecified atom stereocenters. The van der Waals surface area contributed by atoms with Crippen molar-refractivity contribution in [3.05, 3.63) is 53.6 Å². The fourth-order valence-electron chi connectivity index (χ4n) is 1.65. The Balaban J connectivity index is 1.85. The number of halogens is 1. The summed E-state index contributed by atoms with van der Waals surface area (Å²) in [5, 5.41) is 0.264. The Hall–Kier alpha value is -1.50. The Labute approximate surface area is 123 Å². The number of aryl methyl sites for hydroxylation is 1. The summed E-state index contributed by atoms with van der Waals surface area (Å²) >= 11 is 5.62. The average molecular weight is 312 g/mol. The largest absolute Gasteiger partial charge is 0.264 e. The van der Waals surface area contributed by atoms with Crippen LogP contribution in [0.25, 0.3) is 0 Å². The van der Waals surface area contributed by atoms with Crippen molar-refractivity contribution in [2.45, 2.75) is 17.7 Å². The fraction of sp³-hybridized carbons (Fsp3) is 0.231. The van der Waals surface area contributed by atoms with Crippen molar-refractivity contribution in [1.82, 2.24) is 14.7 Å². The second-order valence-electron chi connectivity index (χ2n) is 4.18. The van der Waals surface area contributed by atoms with Crippen molar-refractivity contribution < 1.29 is 8.42 Å². The predicted molar refractivity (Wildman–Crippen MR) is 77.0 cm³/mol. The minimum absolute atomic E-state index is 0.114. The van der Waals surface area contributed by atoms with Crippen LogP contribution in [0.2, 0.25) is 5.15 Å². The molecule has 0 saturated carbocycles. The van der Waals surface area contributed by atoms with Crippen LogP contribution in [-0.4, -0.2) is 24.9 Å². The molecular weight excluding hydrogens is 298 g/mol. The smallest absolute Gasteiger partial charge is 0.242 e. The lowest BCUT2D eigenvalue weighted by Gasteiger charge is -2.06. The summed E-state index contributed by atoms with van der Waals surface area (Å²) in [5.41, 5.74) is 1.08. The van der Waals surface area contributed by atoms with Gasteiger partial charge in [-0.3, -0.25) is 4.98 Å². The molecule has 1 N–H and O–H groups in total. The highest BCUT2D eigenvalue weighted by Gasteiger charge is 2.13. The van der Waals surface area contributed by atoms with E-state index in [1.165, 1.54) is 18.3 Å². The maximum atomic E-state index is 11.9. The third-order valence-corrected chi connectivity index (χ3v) is 4.34. The van der Waals surface area contributed by atoms with Crippen LogP contribution in [0, 0.1) is 0 Å². The number of rotatable bonds is 6. The van der Waals surface area contributed by atoms with Crippen LogP contribution in [0.3, 0.4) is 0 Å². The first-order valence-electron chi connectivity index (χ1n) is 6.08. The molecule has 2 heterocycles. The van der Waals surface area contributed by atoms with Gasteiger partial charge < -0.3 is 0 Å². The van der Waals surface area contributed by atoms with E-state index in [4.69, 9.17) is 11.6 Å². The highest BCUT2D eigenvalue weighted by molar-refractivity contribution is 7.89. The Morgan fingerprint density at radius 3 is 2.70 bits per heavy atom. The Morgan fingerprint density at radius 1 is 1.20 bits per heavy atom. The number of sulfonamides is 1. The van der Waals surface area contributed by atoms with Crippen LogP contribution in [0.4, 0.5) is 0 Å². The second kappa shape index (κ2) is 6.78. The molecule has 2 aromatic heterocycles. The number of hydrogen-bond acceptors (Lipinski definition) is 4. The molecule has 2 rings (SSSR count). The maximum absolute atomic E-state index is 11.9. The molecule has 0 bridgehead atoms. The lowest BCUT2D eigenvalue weighted by Crippen LogP contribution is -2.25. The van der Waals surface area contributed by atoms with E-state index in [0.29, 0.717) is 13.0 Å². The molecule has 106 valence electrons. The van der Waals surface area contributed by atoms with Crippen LogP contribution >= 0.6 is 11.6 Å². The molecule has 0 aromatic carbocycles. The van der Waals surface area contributed by atoms with E-state index in [2.05, 4.69) is 14.7 Å². The van der Waals surface area contributed by atoms with Crippen molar-refractivity contribution >= 4 is 21.6 Å². The summed E-state index contributed by atoms with van der Waals surface area (Å²) in [7, 11) is -3.52. The number of nitrogens with one attached hydrogen (secondary N) is 1. The third kappa shape index (κ3) is 4.26. The Bertz CT molecular complexity index is 645. The van der Waals surface area contributed by atoms with E-state index >= 15 is 0 Å². The zero-order chi connectivity index (χ0) is 14.4. The van der Waals surface area contributed by atoms with Crippen molar-refractivity contribution in [2.24, 2.45) is 0 Å². The van der Waals surface area contributed by atoms with Gasteiger partial charge in [0.25, 0.3) is 0 Å². The van der Waals surface area contributed by atoms with Gasteiger partial charge in [-0.2, -0.15) is 0 Å². The van der Waals surface area contributed by atoms with Gasteiger partial charge in [0.2, 0.25) is 10.0 Å². The molecule has 20 heavy (non-hydrogen) atoms. The summed E-state index contributed by atoms with van der Waals surface area (Å²) in [4.78, 5) is 7.88. The maximum Gasteiger partial charge on any atom is 0.242 e. The molecule has 0 spiro atoms. The molecule has 0 saturated heterocycles. The molecule has 0 atom stereocenters. The van der Waals surface area contributed by atoms with Crippen molar-refractivity contribution in [3.8, 4) is 0 Å². The molecule has 5 nitrogen and oxygen atoms in total. The number of hydrogen-bond donors (Lipinski definition) is 1. The molecule has 0 radical (unpaired) electrons. The van der Waals surface area contributed by atoms with Crippen LogP contribution in [0.15, 0.2) is 47.8 Å². The number of aromatic nitrogens is 2. The van der Waals surface area contributed by atoms with E-state index in [1.807, 2.05) is 12.1 Å². The van der Waals surface area contributed by atoms with Crippen LogP contribution in [0.5, 0.6) is 0 Å². The Kier molecular flexibility index (Phi) is 5.05. The second-order valence-corrected chi connectivity index (χ2v) is 6.33. The minimum atomic E-state index is -3.52. The zero-order valence-corrected chi connectivity index (χ0v) is 12.2. The molecule has 0 fully saturated rings. The number of nitrogens with zero attached hydrogens (tertiary/aromatic N) is 2. The van der Waals surface area contributed by atoms with Gasteiger partial charge in [-0.05, 0) is 36.6 Å². The number of pyridine rings is 2. The molecule has 0 amide bonds. The van der Waals surface area contributed by atoms with Gasteiger partial charge in [-0.25, -0.2) is 18.1 Å². The average Bonchev–Trinajstić information content (AvgIpc) is 2.45. The molecule has 0 aliphatic carbocycles. The predicted octanol–water partition coefficient (Wildman–Crippen LogP) is 2.04. The van der Waals surface area contributed by atoms with Gasteiger partial charge in [0.1, 0.15) is 10.0 Å². The molecule has 0 aliphatic rings. The lowest BCUT2D eigenvalue weighted by atomic mass is 10.2. The molecule has 0 aliphatic heterocycles. The summed E-state index contributed by atoms with van der Waals surface area (Å²) in [6, 6.07) is 6.70. The lowest BCUT2D eigenvalue weighted by molar-refractivity contribution is 0.578. The fourth-order valence-corrected chi connectivity index (χ4v) is 2.78. The summed E-state index contributed by atoms with van der Waals surface area (Å²) in [6.45, 7) is 0.361. The minimum Gasteiger partial charge on any atom is -0.264 e. The van der Waals surface area contributed by atoms with Crippen LogP contribution in [-0.2, 0) is 16.4 Å². The highest BCUT2D eigenvalue weighted by Crippen LogP contribution is 2.10. The summed E-state index contributed by atoms with van der Waals surface area (Å²) < 4.78 is 26.4. The quantitative estimate of drug-likeness (QED) is 0.654. The zero-order valence-electron chi connectivity index (χ0n) is 10.7. The molecule has 2 aromatic rings. The van der Waals surface area contributed by atoms with E-state index in [1.54, 1.807) is 12.4 Å². The van der Waals surface area contributed by atoms with Crippen molar-refractivity contribution in [1.29, 1.82) is 0 Å². The standard InChI is InChI=1S/C13H14ClN3O2S/c14-13-6-5-12(10-16-13)20(18,19)17-8-2-4-11-3-1-7-15-9-11/h1,3,5-7,9-10,17H,2,4,8H2.